The Morgan fingerprint density at radius 1 is 0.775 bits per heavy atom. The van der Waals surface area contributed by atoms with Crippen LogP contribution < -0.4 is 0 Å². The number of aryl methyl sites for hydroxylation is 1. The molecular formula is C33H40N2O5. The van der Waals surface area contributed by atoms with E-state index in [1.807, 2.05) is 0 Å². The van der Waals surface area contributed by atoms with Crippen molar-refractivity contribution < 1.29 is 25.3 Å². The van der Waals surface area contributed by atoms with Gasteiger partial charge in [-0.25, -0.2) is 9.59 Å². The van der Waals surface area contributed by atoms with Crippen LogP contribution in [0.1, 0.15) is 48.3 Å². The maximum absolute atomic E-state index is 9.55. The van der Waals surface area contributed by atoms with E-state index in [9.17, 15) is 9.59 Å². The lowest BCUT2D eigenvalue weighted by atomic mass is 9.76. The largest absolute Gasteiger partial charge is 0.478 e. The molecule has 0 radical (unpaired) electrons. The summed E-state index contributed by atoms with van der Waals surface area (Å²) in [4.78, 5) is 26.2. The highest BCUT2D eigenvalue weighted by Crippen LogP contribution is 2.37. The Bertz CT molecular complexity index is 1120. The number of hydrogen-bond acceptors (Lipinski definition) is 3. The summed E-state index contributed by atoms with van der Waals surface area (Å²) < 4.78 is 0. The quantitative estimate of drug-likeness (QED) is 0.143. The number of aliphatic imine (C=N–C) groups is 1. The Morgan fingerprint density at radius 3 is 1.73 bits per heavy atom. The number of piperidine rings is 1. The molecule has 4 rings (SSSR count). The van der Waals surface area contributed by atoms with Gasteiger partial charge in [0.1, 0.15) is 0 Å². The molecule has 212 valence electrons. The second-order valence-electron chi connectivity index (χ2n) is 9.65. The van der Waals surface area contributed by atoms with Crippen LogP contribution in [-0.2, 0) is 16.0 Å². The lowest BCUT2D eigenvalue weighted by molar-refractivity contribution is -0.134. The molecule has 3 aromatic rings. The third kappa shape index (κ3) is 11.7. The number of aliphatic carboxylic acids is 2. The number of likely N-dealkylation sites (tertiary alicyclic amines) is 1. The molecule has 0 atom stereocenters. The van der Waals surface area contributed by atoms with Crippen molar-refractivity contribution in [2.45, 2.75) is 38.0 Å². The summed E-state index contributed by atoms with van der Waals surface area (Å²) in [5, 5.41) is 15.6. The average molecular weight is 545 g/mol. The number of carboxylic acids is 2. The predicted molar refractivity (Wildman–Crippen MR) is 160 cm³/mol. The van der Waals surface area contributed by atoms with Crippen LogP contribution in [0.3, 0.4) is 0 Å². The molecule has 4 N–H and O–H groups in total. The van der Waals surface area contributed by atoms with Gasteiger partial charge in [-0.3, -0.25) is 4.99 Å². The molecule has 0 bridgehead atoms. The van der Waals surface area contributed by atoms with Gasteiger partial charge in [0.2, 0.25) is 0 Å². The average Bonchev–Trinajstić information content (AvgIpc) is 2.97. The van der Waals surface area contributed by atoms with Crippen LogP contribution in [0, 0.1) is 5.92 Å². The molecule has 1 aliphatic rings. The van der Waals surface area contributed by atoms with E-state index in [-0.39, 0.29) is 5.48 Å². The Labute approximate surface area is 236 Å². The summed E-state index contributed by atoms with van der Waals surface area (Å²) in [5.74, 6) is -1.35. The van der Waals surface area contributed by atoms with E-state index in [0.29, 0.717) is 24.0 Å². The van der Waals surface area contributed by atoms with Crippen molar-refractivity contribution in [1.82, 2.24) is 4.90 Å². The van der Waals surface area contributed by atoms with Gasteiger partial charge in [0.15, 0.2) is 0 Å². The fourth-order valence-corrected chi connectivity index (χ4v) is 4.92. The molecular weight excluding hydrogens is 504 g/mol. The molecule has 40 heavy (non-hydrogen) atoms. The zero-order valence-corrected chi connectivity index (χ0v) is 22.8. The normalized spacial score (nSPS) is 13.6. The minimum atomic E-state index is -1.26. The molecule has 1 aliphatic heterocycles. The topological polar surface area (TPSA) is 122 Å². The van der Waals surface area contributed by atoms with Crippen LogP contribution in [0.4, 0.5) is 0 Å². The molecule has 0 aliphatic carbocycles. The summed E-state index contributed by atoms with van der Waals surface area (Å²) in [5.41, 5.74) is 4.32. The molecule has 0 spiro atoms. The van der Waals surface area contributed by atoms with Crippen LogP contribution in [-0.4, -0.2) is 58.5 Å². The zero-order valence-electron chi connectivity index (χ0n) is 22.8. The maximum Gasteiger partial charge on any atom is 0.328 e. The minimum absolute atomic E-state index is 0. The summed E-state index contributed by atoms with van der Waals surface area (Å²) >= 11 is 0. The number of nitrogens with zero attached hydrogens (tertiary/aromatic N) is 2. The number of carboxylic acid groups (broad SMARTS) is 2. The first-order valence-corrected chi connectivity index (χ1v) is 13.5. The van der Waals surface area contributed by atoms with Gasteiger partial charge >= 0.3 is 11.9 Å². The first kappa shape index (κ1) is 32.0. The standard InChI is InChI=1S/C29H34N2.C4H4O4.H2O/c1-4-12-25(13-5-1)14-10-11-21-30-24-31-22-19-28(20-23-31)29(26-15-6-2-7-16-26)27-17-8-3-9-18-27;5-3(6)1-2-4(7)8;/h1-9,12-13,15-18,24,28-29H,10-11,14,19-23H2;1-2H,(H,5,6)(H,7,8);1H2. The SMILES string of the molecule is C(=NCCCCc1ccccc1)N1CCC(C(c2ccccc2)c2ccccc2)CC1.O.O=C(O)C=CC(=O)O. The minimum Gasteiger partial charge on any atom is -0.478 e. The van der Waals surface area contributed by atoms with Crippen molar-refractivity contribution in [3.05, 3.63) is 120 Å². The second kappa shape index (κ2) is 18.1. The number of rotatable bonds is 11. The third-order valence-corrected chi connectivity index (χ3v) is 6.82. The first-order chi connectivity index (χ1) is 19.0. The summed E-state index contributed by atoms with van der Waals surface area (Å²) in [6.07, 6.45) is 9.18. The highest BCUT2D eigenvalue weighted by Gasteiger charge is 2.28. The monoisotopic (exact) mass is 544 g/mol. The zero-order chi connectivity index (χ0) is 27.7. The summed E-state index contributed by atoms with van der Waals surface area (Å²) in [6.45, 7) is 3.14. The number of carbonyl (C=O) groups is 2. The Balaban J connectivity index is 0.000000546. The van der Waals surface area contributed by atoms with Gasteiger partial charge in [-0.05, 0) is 54.7 Å². The molecule has 1 fully saturated rings. The molecule has 7 nitrogen and oxygen atoms in total. The van der Waals surface area contributed by atoms with Gasteiger partial charge in [0.05, 0.1) is 6.34 Å². The Hall–Kier alpha value is -4.23. The van der Waals surface area contributed by atoms with E-state index >= 15 is 0 Å². The molecule has 0 unspecified atom stereocenters. The van der Waals surface area contributed by atoms with Crippen molar-refractivity contribution in [1.29, 1.82) is 0 Å². The van der Waals surface area contributed by atoms with Crippen molar-refractivity contribution >= 4 is 18.3 Å². The van der Waals surface area contributed by atoms with Gasteiger partial charge in [0, 0.05) is 37.7 Å². The van der Waals surface area contributed by atoms with Crippen molar-refractivity contribution in [2.75, 3.05) is 19.6 Å². The molecule has 1 heterocycles. The Morgan fingerprint density at radius 2 is 1.25 bits per heavy atom. The van der Waals surface area contributed by atoms with Crippen LogP contribution in [0.5, 0.6) is 0 Å². The smallest absolute Gasteiger partial charge is 0.328 e. The first-order valence-electron chi connectivity index (χ1n) is 13.5. The summed E-state index contributed by atoms with van der Waals surface area (Å²) in [6, 6.07) is 32.8. The highest BCUT2D eigenvalue weighted by molar-refractivity contribution is 5.89. The van der Waals surface area contributed by atoms with Gasteiger partial charge < -0.3 is 20.6 Å². The van der Waals surface area contributed by atoms with E-state index < -0.39 is 11.9 Å². The molecule has 0 amide bonds. The van der Waals surface area contributed by atoms with E-state index in [4.69, 9.17) is 15.2 Å². The molecule has 7 heteroatoms. The third-order valence-electron chi connectivity index (χ3n) is 6.82. The predicted octanol–water partition coefficient (Wildman–Crippen LogP) is 5.47. The molecule has 0 saturated carbocycles. The fourth-order valence-electron chi connectivity index (χ4n) is 4.92. The fraction of sp³-hybridized carbons (Fsp3) is 0.303. The van der Waals surface area contributed by atoms with Gasteiger partial charge in [-0.15, -0.1) is 0 Å². The maximum atomic E-state index is 9.55. The molecule has 1 saturated heterocycles. The van der Waals surface area contributed by atoms with Crippen LogP contribution in [0.15, 0.2) is 108 Å². The lowest BCUT2D eigenvalue weighted by Gasteiger charge is -2.36. The second-order valence-corrected chi connectivity index (χ2v) is 9.65. The van der Waals surface area contributed by atoms with Crippen LogP contribution >= 0.6 is 0 Å². The van der Waals surface area contributed by atoms with Crippen molar-refractivity contribution in [3.8, 4) is 0 Å². The number of hydrogen-bond donors (Lipinski definition) is 2. The lowest BCUT2D eigenvalue weighted by Crippen LogP contribution is -2.35. The van der Waals surface area contributed by atoms with Crippen molar-refractivity contribution in [3.63, 3.8) is 0 Å². The Kier molecular flexibility index (Phi) is 14.5. The number of benzene rings is 3. The van der Waals surface area contributed by atoms with Crippen LogP contribution in [0.2, 0.25) is 0 Å². The van der Waals surface area contributed by atoms with Crippen LogP contribution in [0.25, 0.3) is 0 Å². The molecule has 0 aromatic heterocycles. The van der Waals surface area contributed by atoms with Gasteiger partial charge in [0.25, 0.3) is 0 Å². The van der Waals surface area contributed by atoms with Gasteiger partial charge in [-0.2, -0.15) is 0 Å². The van der Waals surface area contributed by atoms with E-state index in [2.05, 4.69) is 102 Å². The van der Waals surface area contributed by atoms with Gasteiger partial charge in [-0.1, -0.05) is 91.0 Å². The van der Waals surface area contributed by atoms with E-state index in [1.54, 1.807) is 0 Å². The highest BCUT2D eigenvalue weighted by atomic mass is 16.4. The van der Waals surface area contributed by atoms with E-state index in [1.165, 1.54) is 36.0 Å². The number of unbranched alkanes of at least 4 members (excludes halogenated alkanes) is 1. The van der Waals surface area contributed by atoms with Crippen molar-refractivity contribution in [2.24, 2.45) is 10.9 Å². The summed E-state index contributed by atoms with van der Waals surface area (Å²) in [7, 11) is 0. The van der Waals surface area contributed by atoms with E-state index in [0.717, 1.165) is 32.5 Å². The molecule has 3 aromatic carbocycles.